The Hall–Kier alpha value is -1.95. The van der Waals surface area contributed by atoms with Crippen molar-refractivity contribution in [1.29, 1.82) is 0 Å². The summed E-state index contributed by atoms with van der Waals surface area (Å²) in [5, 5.41) is 7.01. The molecule has 0 bridgehead atoms. The third kappa shape index (κ3) is 5.31. The van der Waals surface area contributed by atoms with Gasteiger partial charge in [0.25, 0.3) is 0 Å². The van der Waals surface area contributed by atoms with Gasteiger partial charge in [0.15, 0.2) is 0 Å². The molecule has 1 fully saturated rings. The van der Waals surface area contributed by atoms with E-state index in [1.807, 2.05) is 19.1 Å². The molecule has 2 N–H and O–H groups in total. The molecule has 0 saturated carbocycles. The average molecular weight is 421 g/mol. The quantitative estimate of drug-likeness (QED) is 0.717. The summed E-state index contributed by atoms with van der Waals surface area (Å²) in [6.07, 6.45) is 0. The van der Waals surface area contributed by atoms with Crippen molar-refractivity contribution in [1.82, 2.24) is 4.90 Å². The first-order chi connectivity index (χ1) is 13.5. The molecule has 0 radical (unpaired) electrons. The maximum Gasteiger partial charge on any atom is 0.246 e. The van der Waals surface area contributed by atoms with Crippen LogP contribution in [0.1, 0.15) is 13.8 Å². The van der Waals surface area contributed by atoms with Crippen LogP contribution in [0.2, 0.25) is 10.0 Å². The van der Waals surface area contributed by atoms with Gasteiger partial charge in [0, 0.05) is 42.6 Å². The van der Waals surface area contributed by atoms with Crippen LogP contribution in [0, 0.1) is 0 Å². The molecule has 0 aliphatic carbocycles. The highest BCUT2D eigenvalue weighted by Gasteiger charge is 2.17. The molecule has 28 heavy (non-hydrogen) atoms. The minimum Gasteiger partial charge on any atom is -0.374 e. The Morgan fingerprint density at radius 3 is 2.36 bits per heavy atom. The molecule has 0 aromatic heterocycles. The number of nitrogens with zero attached hydrogens (tertiary/aromatic N) is 2. The number of carbonyl (C=O) groups excluding carboxylic acids is 1. The summed E-state index contributed by atoms with van der Waals surface area (Å²) in [5.41, 5.74) is 2.67. The van der Waals surface area contributed by atoms with E-state index in [1.54, 1.807) is 18.2 Å². The second-order valence-corrected chi connectivity index (χ2v) is 7.79. The second kappa shape index (κ2) is 9.50. The molecule has 150 valence electrons. The summed E-state index contributed by atoms with van der Waals surface area (Å²) in [4.78, 5) is 17.3. The number of hydrogen-bond acceptors (Lipinski definition) is 4. The number of carbonyl (C=O) groups is 1. The van der Waals surface area contributed by atoms with Gasteiger partial charge in [-0.05, 0) is 55.9 Å². The number of benzene rings is 2. The first kappa shape index (κ1) is 20.8. The minimum absolute atomic E-state index is 0.163. The van der Waals surface area contributed by atoms with Crippen molar-refractivity contribution in [2.45, 2.75) is 19.9 Å². The van der Waals surface area contributed by atoms with Crippen molar-refractivity contribution in [2.75, 3.05) is 48.3 Å². The molecule has 1 aliphatic rings. The van der Waals surface area contributed by atoms with Crippen molar-refractivity contribution in [3.05, 3.63) is 52.5 Å². The first-order valence-electron chi connectivity index (χ1n) is 9.56. The van der Waals surface area contributed by atoms with Gasteiger partial charge in [-0.1, -0.05) is 30.1 Å². The van der Waals surface area contributed by atoms with E-state index in [-0.39, 0.29) is 5.91 Å². The van der Waals surface area contributed by atoms with Crippen molar-refractivity contribution < 1.29 is 4.79 Å². The predicted molar refractivity (Wildman–Crippen MR) is 119 cm³/mol. The van der Waals surface area contributed by atoms with Crippen LogP contribution >= 0.6 is 23.2 Å². The largest absolute Gasteiger partial charge is 0.374 e. The Bertz CT molecular complexity index is 805. The van der Waals surface area contributed by atoms with Gasteiger partial charge in [-0.2, -0.15) is 0 Å². The summed E-state index contributed by atoms with van der Waals surface area (Å²) in [5.74, 6) is -0.163. The highest BCUT2D eigenvalue weighted by atomic mass is 35.5. The topological polar surface area (TPSA) is 47.6 Å². The fourth-order valence-corrected chi connectivity index (χ4v) is 3.69. The van der Waals surface area contributed by atoms with Gasteiger partial charge in [0.1, 0.15) is 6.04 Å². The Morgan fingerprint density at radius 2 is 1.75 bits per heavy atom. The number of hydrogen-bond donors (Lipinski definition) is 2. The maximum atomic E-state index is 12.4. The van der Waals surface area contributed by atoms with E-state index in [4.69, 9.17) is 23.2 Å². The maximum absolute atomic E-state index is 12.4. The number of piperazine rings is 1. The van der Waals surface area contributed by atoms with Gasteiger partial charge in [0.05, 0.1) is 10.7 Å². The monoisotopic (exact) mass is 420 g/mol. The molecule has 5 nitrogen and oxygen atoms in total. The van der Waals surface area contributed by atoms with E-state index < -0.39 is 6.04 Å². The fraction of sp³-hybridized carbons (Fsp3) is 0.381. The summed E-state index contributed by atoms with van der Waals surface area (Å²) in [7, 11) is 0. The van der Waals surface area contributed by atoms with Crippen LogP contribution in [-0.2, 0) is 4.79 Å². The lowest BCUT2D eigenvalue weighted by atomic mass is 10.2. The smallest absolute Gasteiger partial charge is 0.246 e. The molecule has 3 rings (SSSR count). The Balaban J connectivity index is 1.55. The molecular weight excluding hydrogens is 395 g/mol. The SMILES string of the molecule is CCN1CCN(c2ccc(N[C@H](C)C(=O)Nc3ccc(Cl)cc3Cl)cc2)CC1. The number of likely N-dealkylation sites (N-methyl/N-ethyl adjacent to an activating group) is 1. The average Bonchev–Trinajstić information content (AvgIpc) is 2.70. The third-order valence-electron chi connectivity index (χ3n) is 5.02. The molecule has 1 atom stereocenters. The molecule has 1 heterocycles. The zero-order chi connectivity index (χ0) is 20.1. The van der Waals surface area contributed by atoms with Crippen LogP contribution in [0.4, 0.5) is 17.1 Å². The van der Waals surface area contributed by atoms with Crippen molar-refractivity contribution in [2.24, 2.45) is 0 Å². The number of anilines is 3. The molecule has 2 aromatic carbocycles. The van der Waals surface area contributed by atoms with Crippen molar-refractivity contribution in [3.8, 4) is 0 Å². The Morgan fingerprint density at radius 1 is 1.07 bits per heavy atom. The summed E-state index contributed by atoms with van der Waals surface area (Å²) >= 11 is 12.0. The molecule has 2 aromatic rings. The Kier molecular flexibility index (Phi) is 7.05. The van der Waals surface area contributed by atoms with Crippen LogP contribution in [-0.4, -0.2) is 49.6 Å². The van der Waals surface area contributed by atoms with E-state index in [2.05, 4.69) is 39.5 Å². The highest BCUT2D eigenvalue weighted by Crippen LogP contribution is 2.26. The molecule has 1 aliphatic heterocycles. The summed E-state index contributed by atoms with van der Waals surface area (Å²) in [6, 6.07) is 12.8. The third-order valence-corrected chi connectivity index (χ3v) is 5.57. The van der Waals surface area contributed by atoms with Gasteiger partial charge in [-0.3, -0.25) is 4.79 Å². The van der Waals surface area contributed by atoms with Crippen LogP contribution in [0.25, 0.3) is 0 Å². The minimum atomic E-state index is -0.411. The van der Waals surface area contributed by atoms with Gasteiger partial charge >= 0.3 is 0 Å². The van der Waals surface area contributed by atoms with Gasteiger partial charge in [-0.25, -0.2) is 0 Å². The molecule has 0 unspecified atom stereocenters. The van der Waals surface area contributed by atoms with Crippen LogP contribution in [0.15, 0.2) is 42.5 Å². The molecule has 1 amide bonds. The summed E-state index contributed by atoms with van der Waals surface area (Å²) < 4.78 is 0. The number of nitrogens with one attached hydrogen (secondary N) is 2. The Labute approximate surface area is 176 Å². The number of amides is 1. The second-order valence-electron chi connectivity index (χ2n) is 6.95. The van der Waals surface area contributed by atoms with E-state index in [9.17, 15) is 4.79 Å². The standard InChI is InChI=1S/C21H26Cl2N4O/c1-3-26-10-12-27(13-11-26)18-7-5-17(6-8-18)24-15(2)21(28)25-20-9-4-16(22)14-19(20)23/h4-9,14-15,24H,3,10-13H2,1-2H3,(H,25,28)/t15-/m1/s1. The lowest BCUT2D eigenvalue weighted by Crippen LogP contribution is -2.46. The van der Waals surface area contributed by atoms with E-state index in [1.165, 1.54) is 5.69 Å². The first-order valence-corrected chi connectivity index (χ1v) is 10.3. The lowest BCUT2D eigenvalue weighted by molar-refractivity contribution is -0.116. The van der Waals surface area contributed by atoms with Gasteiger partial charge in [-0.15, -0.1) is 0 Å². The van der Waals surface area contributed by atoms with E-state index in [0.717, 1.165) is 38.4 Å². The van der Waals surface area contributed by atoms with Crippen LogP contribution in [0.5, 0.6) is 0 Å². The predicted octanol–water partition coefficient (Wildman–Crippen LogP) is 4.57. The summed E-state index contributed by atoms with van der Waals surface area (Å²) in [6.45, 7) is 9.41. The van der Waals surface area contributed by atoms with Gasteiger partial charge in [0.2, 0.25) is 5.91 Å². The van der Waals surface area contributed by atoms with Crippen LogP contribution < -0.4 is 15.5 Å². The van der Waals surface area contributed by atoms with Crippen molar-refractivity contribution in [3.63, 3.8) is 0 Å². The van der Waals surface area contributed by atoms with E-state index in [0.29, 0.717) is 15.7 Å². The normalized spacial score (nSPS) is 15.9. The van der Waals surface area contributed by atoms with Gasteiger partial charge < -0.3 is 20.4 Å². The zero-order valence-corrected chi connectivity index (χ0v) is 17.7. The van der Waals surface area contributed by atoms with Crippen LogP contribution in [0.3, 0.4) is 0 Å². The number of rotatable bonds is 6. The number of halogens is 2. The van der Waals surface area contributed by atoms with E-state index >= 15 is 0 Å². The fourth-order valence-electron chi connectivity index (χ4n) is 3.24. The highest BCUT2D eigenvalue weighted by molar-refractivity contribution is 6.36. The molecule has 1 saturated heterocycles. The lowest BCUT2D eigenvalue weighted by Gasteiger charge is -2.35. The van der Waals surface area contributed by atoms with Crippen molar-refractivity contribution >= 4 is 46.2 Å². The zero-order valence-electron chi connectivity index (χ0n) is 16.2. The molecule has 0 spiro atoms. The molecule has 7 heteroatoms. The molecular formula is C21H26Cl2N4O.